The summed E-state index contributed by atoms with van der Waals surface area (Å²) in [6, 6.07) is 6.71. The molecule has 1 saturated heterocycles. The summed E-state index contributed by atoms with van der Waals surface area (Å²) in [5, 5.41) is 0. The Bertz CT molecular complexity index is 549. The fourth-order valence-electron chi connectivity index (χ4n) is 2.35. The van der Waals surface area contributed by atoms with E-state index in [1.807, 2.05) is 0 Å². The van der Waals surface area contributed by atoms with Crippen molar-refractivity contribution < 1.29 is 4.74 Å². The first-order chi connectivity index (χ1) is 8.29. The highest BCUT2D eigenvalue weighted by Crippen LogP contribution is 2.28. The van der Waals surface area contributed by atoms with E-state index in [0.717, 1.165) is 36.5 Å². The molecule has 1 fully saturated rings. The smallest absolute Gasteiger partial charge is 0.125 e. The Morgan fingerprint density at radius 1 is 1.53 bits per heavy atom. The van der Waals surface area contributed by atoms with Gasteiger partial charge in [0.15, 0.2) is 0 Å². The fraction of sp³-hybridized carbons (Fsp3) is 0.417. The van der Waals surface area contributed by atoms with Gasteiger partial charge in [0.2, 0.25) is 0 Å². The highest BCUT2D eigenvalue weighted by molar-refractivity contribution is 14.1. The van der Waals surface area contributed by atoms with Crippen molar-refractivity contribution in [1.82, 2.24) is 9.55 Å². The van der Waals surface area contributed by atoms with Crippen molar-refractivity contribution in [2.75, 3.05) is 13.2 Å². The number of nitrogens with zero attached hydrogens (tertiary/aromatic N) is 2. The summed E-state index contributed by atoms with van der Waals surface area (Å²) in [5.74, 6) is 1.39. The highest BCUT2D eigenvalue weighted by Gasteiger charge is 2.22. The zero-order valence-corrected chi connectivity index (χ0v) is 12.1. The number of aromatic nitrogens is 2. The predicted molar refractivity (Wildman–Crippen MR) is 76.5 cm³/mol. The van der Waals surface area contributed by atoms with Crippen LogP contribution in [0, 0.1) is 3.57 Å². The van der Waals surface area contributed by atoms with Crippen LogP contribution in [0.5, 0.6) is 0 Å². The third-order valence-corrected chi connectivity index (χ3v) is 4.02. The van der Waals surface area contributed by atoms with Crippen molar-refractivity contribution >= 4 is 45.2 Å². The van der Waals surface area contributed by atoms with Crippen molar-refractivity contribution in [1.29, 1.82) is 0 Å². The minimum Gasteiger partial charge on any atom is -0.379 e. The highest BCUT2D eigenvalue weighted by atomic mass is 127. The Kier molecular flexibility index (Phi) is 3.28. The molecule has 17 heavy (non-hydrogen) atoms. The molecule has 2 aromatic rings. The quantitative estimate of drug-likeness (QED) is 0.605. The summed E-state index contributed by atoms with van der Waals surface area (Å²) in [5.41, 5.74) is 2.19. The van der Waals surface area contributed by atoms with Gasteiger partial charge in [-0.25, -0.2) is 4.98 Å². The molecule has 0 radical (unpaired) electrons. The van der Waals surface area contributed by atoms with Crippen LogP contribution in [0.3, 0.4) is 0 Å². The fourth-order valence-corrected chi connectivity index (χ4v) is 3.01. The second-order valence-electron chi connectivity index (χ2n) is 4.18. The predicted octanol–water partition coefficient (Wildman–Crippen LogP) is 3.34. The van der Waals surface area contributed by atoms with Gasteiger partial charge in [0.05, 0.1) is 29.6 Å². The van der Waals surface area contributed by atoms with Crippen LogP contribution in [-0.4, -0.2) is 22.8 Å². The number of hydrogen-bond donors (Lipinski definition) is 0. The lowest BCUT2D eigenvalue weighted by Crippen LogP contribution is -2.11. The number of ether oxygens (including phenoxy) is 1. The van der Waals surface area contributed by atoms with E-state index in [1.165, 1.54) is 3.57 Å². The van der Waals surface area contributed by atoms with Crippen molar-refractivity contribution in [3.63, 3.8) is 0 Å². The van der Waals surface area contributed by atoms with Gasteiger partial charge in [-0.1, -0.05) is 0 Å². The summed E-state index contributed by atoms with van der Waals surface area (Å²) < 4.78 is 8.90. The molecule has 5 heteroatoms. The maximum Gasteiger partial charge on any atom is 0.125 e. The van der Waals surface area contributed by atoms with E-state index in [0.29, 0.717) is 11.9 Å². The minimum atomic E-state index is 0.383. The van der Waals surface area contributed by atoms with Crippen molar-refractivity contribution in [3.8, 4) is 0 Å². The molecule has 3 rings (SSSR count). The number of alkyl halides is 1. The monoisotopic (exact) mass is 362 g/mol. The van der Waals surface area contributed by atoms with Gasteiger partial charge in [-0.05, 0) is 47.2 Å². The summed E-state index contributed by atoms with van der Waals surface area (Å²) in [6.07, 6.45) is 1.04. The van der Waals surface area contributed by atoms with Gasteiger partial charge < -0.3 is 9.30 Å². The van der Waals surface area contributed by atoms with E-state index in [4.69, 9.17) is 16.3 Å². The second kappa shape index (κ2) is 4.74. The van der Waals surface area contributed by atoms with E-state index in [9.17, 15) is 0 Å². The molecule has 90 valence electrons. The topological polar surface area (TPSA) is 27.1 Å². The van der Waals surface area contributed by atoms with E-state index < -0.39 is 0 Å². The molecule has 0 amide bonds. The Balaban J connectivity index is 2.19. The van der Waals surface area contributed by atoms with Crippen LogP contribution in [0.1, 0.15) is 18.3 Å². The number of fused-ring (bicyclic) bond motifs is 1. The second-order valence-corrected chi connectivity index (χ2v) is 5.70. The van der Waals surface area contributed by atoms with E-state index >= 15 is 0 Å². The van der Waals surface area contributed by atoms with Gasteiger partial charge in [-0.3, -0.25) is 0 Å². The van der Waals surface area contributed by atoms with Crippen LogP contribution in [0.25, 0.3) is 11.0 Å². The van der Waals surface area contributed by atoms with Gasteiger partial charge in [0, 0.05) is 10.2 Å². The molecular formula is C12H12ClIN2O. The zero-order valence-electron chi connectivity index (χ0n) is 9.20. The van der Waals surface area contributed by atoms with E-state index in [1.54, 1.807) is 0 Å². The Morgan fingerprint density at radius 2 is 2.41 bits per heavy atom. The normalized spacial score (nSPS) is 20.2. The number of halogens is 2. The Hall–Kier alpha value is -0.330. The summed E-state index contributed by atoms with van der Waals surface area (Å²) >= 11 is 8.30. The average Bonchev–Trinajstić information content (AvgIpc) is 2.93. The molecule has 1 aromatic heterocycles. The van der Waals surface area contributed by atoms with Crippen LogP contribution in [0.15, 0.2) is 18.2 Å². The third-order valence-electron chi connectivity index (χ3n) is 3.11. The van der Waals surface area contributed by atoms with Crippen LogP contribution in [0.4, 0.5) is 0 Å². The van der Waals surface area contributed by atoms with Crippen LogP contribution in [0.2, 0.25) is 0 Å². The molecule has 1 unspecified atom stereocenters. The first-order valence-electron chi connectivity index (χ1n) is 5.59. The Labute approximate surface area is 118 Å². The molecule has 0 spiro atoms. The van der Waals surface area contributed by atoms with Gasteiger partial charge in [-0.2, -0.15) is 0 Å². The third kappa shape index (κ3) is 2.06. The standard InChI is InChI=1S/C12H12ClIN2O/c13-6-12-15-10-5-8(14)1-2-11(10)16(12)9-3-4-17-7-9/h1-2,5,9H,3-4,6-7H2. The molecule has 1 aliphatic rings. The summed E-state index contributed by atoms with van der Waals surface area (Å²) in [4.78, 5) is 4.61. The maximum absolute atomic E-state index is 6.00. The molecule has 2 heterocycles. The van der Waals surface area contributed by atoms with E-state index in [2.05, 4.69) is 50.3 Å². The zero-order chi connectivity index (χ0) is 11.8. The van der Waals surface area contributed by atoms with Gasteiger partial charge in [0.25, 0.3) is 0 Å². The molecule has 0 N–H and O–H groups in total. The lowest BCUT2D eigenvalue weighted by Gasteiger charge is -2.13. The number of benzene rings is 1. The van der Waals surface area contributed by atoms with Gasteiger partial charge in [0.1, 0.15) is 5.82 Å². The van der Waals surface area contributed by atoms with Crippen LogP contribution >= 0.6 is 34.2 Å². The molecule has 0 bridgehead atoms. The SMILES string of the molecule is ClCc1nc2cc(I)ccc2n1C1CCOC1. The van der Waals surface area contributed by atoms with Crippen LogP contribution in [-0.2, 0) is 10.6 Å². The Morgan fingerprint density at radius 3 is 3.12 bits per heavy atom. The van der Waals surface area contributed by atoms with Gasteiger partial charge in [-0.15, -0.1) is 11.6 Å². The summed E-state index contributed by atoms with van der Waals surface area (Å²) in [7, 11) is 0. The largest absolute Gasteiger partial charge is 0.379 e. The van der Waals surface area contributed by atoms with E-state index in [-0.39, 0.29) is 0 Å². The number of hydrogen-bond acceptors (Lipinski definition) is 2. The maximum atomic E-state index is 6.00. The molecule has 3 nitrogen and oxygen atoms in total. The molecule has 1 atom stereocenters. The van der Waals surface area contributed by atoms with Crippen molar-refractivity contribution in [2.24, 2.45) is 0 Å². The number of imidazole rings is 1. The average molecular weight is 363 g/mol. The molecule has 1 aromatic carbocycles. The van der Waals surface area contributed by atoms with Crippen molar-refractivity contribution in [3.05, 3.63) is 27.6 Å². The molecule has 0 aliphatic carbocycles. The lowest BCUT2D eigenvalue weighted by atomic mass is 10.2. The van der Waals surface area contributed by atoms with Crippen molar-refractivity contribution in [2.45, 2.75) is 18.3 Å². The minimum absolute atomic E-state index is 0.383. The summed E-state index contributed by atoms with van der Waals surface area (Å²) in [6.45, 7) is 1.60. The lowest BCUT2D eigenvalue weighted by molar-refractivity contribution is 0.187. The van der Waals surface area contributed by atoms with Crippen LogP contribution < -0.4 is 0 Å². The molecule has 1 aliphatic heterocycles. The number of rotatable bonds is 2. The molecule has 0 saturated carbocycles. The molecular weight excluding hydrogens is 351 g/mol. The van der Waals surface area contributed by atoms with Gasteiger partial charge >= 0.3 is 0 Å². The first-order valence-corrected chi connectivity index (χ1v) is 7.21. The first kappa shape index (κ1) is 11.7.